The van der Waals surface area contributed by atoms with E-state index >= 15 is 0 Å². The van der Waals surface area contributed by atoms with Crippen molar-refractivity contribution in [3.05, 3.63) is 18.0 Å². The molecule has 0 spiro atoms. The Balaban J connectivity index is 2.16. The molecule has 1 heterocycles. The number of hydrogen-bond acceptors (Lipinski definition) is 3. The van der Waals surface area contributed by atoms with Crippen LogP contribution in [0.1, 0.15) is 51.1 Å². The molecule has 0 aliphatic heterocycles. The molecule has 1 aromatic heterocycles. The predicted octanol–water partition coefficient (Wildman–Crippen LogP) is 2.23. The second kappa shape index (κ2) is 7.42. The Morgan fingerprint density at radius 2 is 2.00 bits per heavy atom. The number of hydrogen-bond donors (Lipinski definition) is 2. The number of aromatic nitrogens is 1. The fraction of sp³-hybridized carbons (Fsp3) is 0.733. The summed E-state index contributed by atoms with van der Waals surface area (Å²) < 4.78 is 30.0. The van der Waals surface area contributed by atoms with Crippen LogP contribution < -0.4 is 10.0 Å². The van der Waals surface area contributed by atoms with Gasteiger partial charge in [0.1, 0.15) is 0 Å². The first-order valence-corrected chi connectivity index (χ1v) is 9.41. The molecule has 0 aromatic carbocycles. The average molecular weight is 313 g/mol. The van der Waals surface area contributed by atoms with Crippen molar-refractivity contribution in [2.75, 3.05) is 7.05 Å². The summed E-state index contributed by atoms with van der Waals surface area (Å²) in [5, 5.41) is 3.09. The van der Waals surface area contributed by atoms with Gasteiger partial charge in [0.15, 0.2) is 0 Å². The smallest absolute Gasteiger partial charge is 0.242 e. The molecule has 1 aliphatic rings. The summed E-state index contributed by atoms with van der Waals surface area (Å²) in [6.07, 6.45) is 8.13. The van der Waals surface area contributed by atoms with Gasteiger partial charge in [-0.2, -0.15) is 0 Å². The molecule has 2 rings (SSSR count). The highest BCUT2D eigenvalue weighted by atomic mass is 32.2. The van der Waals surface area contributed by atoms with Crippen LogP contribution in [0.5, 0.6) is 0 Å². The Hall–Kier alpha value is -0.850. The molecule has 0 unspecified atom stereocenters. The fourth-order valence-corrected chi connectivity index (χ4v) is 4.33. The average Bonchev–Trinajstić information content (AvgIpc) is 2.85. The second-order valence-corrected chi connectivity index (χ2v) is 7.56. The Morgan fingerprint density at radius 1 is 1.29 bits per heavy atom. The van der Waals surface area contributed by atoms with E-state index in [-0.39, 0.29) is 6.04 Å². The highest BCUT2D eigenvalue weighted by molar-refractivity contribution is 7.89. The number of nitrogens with one attached hydrogen (secondary N) is 2. The molecule has 1 saturated carbocycles. The third-order valence-corrected chi connectivity index (χ3v) is 5.51. The van der Waals surface area contributed by atoms with Crippen LogP contribution in [0.3, 0.4) is 0 Å². The van der Waals surface area contributed by atoms with E-state index in [1.165, 1.54) is 6.42 Å². The van der Waals surface area contributed by atoms with E-state index < -0.39 is 10.0 Å². The molecule has 6 heteroatoms. The number of rotatable bonds is 7. The van der Waals surface area contributed by atoms with E-state index in [2.05, 4.69) is 17.0 Å². The molecular formula is C15H27N3O2S. The van der Waals surface area contributed by atoms with Gasteiger partial charge >= 0.3 is 0 Å². The maximum absolute atomic E-state index is 12.5. The number of sulfonamides is 1. The van der Waals surface area contributed by atoms with Crippen molar-refractivity contribution in [1.29, 1.82) is 0 Å². The van der Waals surface area contributed by atoms with Crippen LogP contribution >= 0.6 is 0 Å². The first-order valence-electron chi connectivity index (χ1n) is 7.93. The molecular weight excluding hydrogens is 286 g/mol. The highest BCUT2D eigenvalue weighted by Crippen LogP contribution is 2.21. The largest absolute Gasteiger partial charge is 0.349 e. The van der Waals surface area contributed by atoms with E-state index in [4.69, 9.17) is 0 Å². The minimum Gasteiger partial charge on any atom is -0.349 e. The van der Waals surface area contributed by atoms with Crippen molar-refractivity contribution >= 4 is 10.0 Å². The maximum atomic E-state index is 12.5. The lowest BCUT2D eigenvalue weighted by atomic mass is 9.96. The summed E-state index contributed by atoms with van der Waals surface area (Å²) in [4.78, 5) is 0.395. The third kappa shape index (κ3) is 4.31. The summed E-state index contributed by atoms with van der Waals surface area (Å²) in [5.74, 6) is 0. The van der Waals surface area contributed by atoms with Gasteiger partial charge in [0.05, 0.1) is 4.90 Å². The van der Waals surface area contributed by atoms with Crippen LogP contribution in [0.4, 0.5) is 0 Å². The molecule has 0 saturated heterocycles. The van der Waals surface area contributed by atoms with Gasteiger partial charge in [0, 0.05) is 31.0 Å². The zero-order valence-corrected chi connectivity index (χ0v) is 13.9. The Bertz CT molecular complexity index is 522. The molecule has 2 N–H and O–H groups in total. The van der Waals surface area contributed by atoms with Crippen LogP contribution in [0, 0.1) is 0 Å². The lowest BCUT2D eigenvalue weighted by Gasteiger charge is -2.22. The SMILES string of the molecule is CCCn1cc(S(=O)(=O)NC2CCCCC2)cc1CNC. The molecule has 21 heavy (non-hydrogen) atoms. The zero-order chi connectivity index (χ0) is 15.3. The van der Waals surface area contributed by atoms with Gasteiger partial charge in [0.25, 0.3) is 0 Å². The number of aryl methyl sites for hydroxylation is 1. The lowest BCUT2D eigenvalue weighted by molar-refractivity contribution is 0.412. The van der Waals surface area contributed by atoms with Crippen molar-refractivity contribution in [1.82, 2.24) is 14.6 Å². The van der Waals surface area contributed by atoms with Crippen molar-refractivity contribution in [3.8, 4) is 0 Å². The monoisotopic (exact) mass is 313 g/mol. The van der Waals surface area contributed by atoms with E-state index in [0.29, 0.717) is 11.4 Å². The van der Waals surface area contributed by atoms with Gasteiger partial charge in [-0.25, -0.2) is 13.1 Å². The number of nitrogens with zero attached hydrogens (tertiary/aromatic N) is 1. The summed E-state index contributed by atoms with van der Waals surface area (Å²) >= 11 is 0. The van der Waals surface area contributed by atoms with Crippen molar-refractivity contribution < 1.29 is 8.42 Å². The summed E-state index contributed by atoms with van der Waals surface area (Å²) in [5.41, 5.74) is 1.02. The summed E-state index contributed by atoms with van der Waals surface area (Å²) in [6.45, 7) is 3.62. The predicted molar refractivity (Wildman–Crippen MR) is 84.7 cm³/mol. The van der Waals surface area contributed by atoms with Crippen LogP contribution in [0.15, 0.2) is 17.2 Å². The standard InChI is InChI=1S/C15H27N3O2S/c1-3-9-18-12-15(10-14(18)11-16-2)21(19,20)17-13-7-5-4-6-8-13/h10,12-13,16-17H,3-9,11H2,1-2H3. The third-order valence-electron chi connectivity index (χ3n) is 4.02. The van der Waals surface area contributed by atoms with Gasteiger partial charge in [-0.1, -0.05) is 26.2 Å². The van der Waals surface area contributed by atoms with Gasteiger partial charge in [0.2, 0.25) is 10.0 Å². The van der Waals surface area contributed by atoms with Gasteiger partial charge in [-0.15, -0.1) is 0 Å². The van der Waals surface area contributed by atoms with Crippen LogP contribution in [0.2, 0.25) is 0 Å². The molecule has 1 fully saturated rings. The Morgan fingerprint density at radius 3 is 2.62 bits per heavy atom. The lowest BCUT2D eigenvalue weighted by Crippen LogP contribution is -2.36. The first-order chi connectivity index (χ1) is 10.1. The van der Waals surface area contributed by atoms with E-state index in [1.54, 1.807) is 12.3 Å². The van der Waals surface area contributed by atoms with Crippen LogP contribution in [-0.4, -0.2) is 26.1 Å². The van der Waals surface area contributed by atoms with Crippen LogP contribution in [0.25, 0.3) is 0 Å². The van der Waals surface area contributed by atoms with Gasteiger partial charge < -0.3 is 9.88 Å². The molecule has 0 bridgehead atoms. The first kappa shape index (κ1) is 16.5. The Kier molecular flexibility index (Phi) is 5.84. The summed E-state index contributed by atoms with van der Waals surface area (Å²) in [7, 11) is -1.52. The fourth-order valence-electron chi connectivity index (χ4n) is 2.96. The van der Waals surface area contributed by atoms with Crippen molar-refractivity contribution in [2.45, 2.75) is 69.5 Å². The van der Waals surface area contributed by atoms with Gasteiger partial charge in [-0.05, 0) is 32.4 Å². The van der Waals surface area contributed by atoms with Crippen molar-refractivity contribution in [2.24, 2.45) is 0 Å². The van der Waals surface area contributed by atoms with Gasteiger partial charge in [-0.3, -0.25) is 0 Å². The van der Waals surface area contributed by atoms with Crippen molar-refractivity contribution in [3.63, 3.8) is 0 Å². The molecule has 0 radical (unpaired) electrons. The highest BCUT2D eigenvalue weighted by Gasteiger charge is 2.23. The van der Waals surface area contributed by atoms with Crippen LogP contribution in [-0.2, 0) is 23.1 Å². The normalized spacial score (nSPS) is 17.2. The van der Waals surface area contributed by atoms with E-state index in [9.17, 15) is 8.42 Å². The molecule has 5 nitrogen and oxygen atoms in total. The zero-order valence-electron chi connectivity index (χ0n) is 13.1. The molecule has 0 atom stereocenters. The van der Waals surface area contributed by atoms with E-state index in [0.717, 1.165) is 44.3 Å². The second-order valence-electron chi connectivity index (χ2n) is 5.85. The maximum Gasteiger partial charge on any atom is 0.242 e. The molecule has 120 valence electrons. The minimum absolute atomic E-state index is 0.103. The topological polar surface area (TPSA) is 63.1 Å². The minimum atomic E-state index is -3.40. The molecule has 1 aliphatic carbocycles. The quantitative estimate of drug-likeness (QED) is 0.811. The van der Waals surface area contributed by atoms with E-state index in [1.807, 2.05) is 11.6 Å². The Labute approximate surface area is 128 Å². The summed E-state index contributed by atoms with van der Waals surface area (Å²) in [6, 6.07) is 1.89. The molecule has 0 amide bonds. The molecule has 1 aromatic rings.